The Morgan fingerprint density at radius 3 is 2.06 bits per heavy atom. The van der Waals surface area contributed by atoms with Crippen LogP contribution < -0.4 is 0 Å². The molecule has 2 aromatic rings. The van der Waals surface area contributed by atoms with Crippen molar-refractivity contribution in [2.75, 3.05) is 0 Å². The Hall–Kier alpha value is -2.00. The van der Waals surface area contributed by atoms with Gasteiger partial charge in [0.1, 0.15) is 6.29 Å². The lowest BCUT2D eigenvalue weighted by Crippen LogP contribution is -2.13. The number of hydrogen-bond donors (Lipinski definition) is 0. The second-order valence-electron chi connectivity index (χ2n) is 4.28. The zero-order valence-corrected chi connectivity index (χ0v) is 9.55. The van der Waals surface area contributed by atoms with Crippen molar-refractivity contribution in [3.8, 4) is 0 Å². The average Bonchev–Trinajstić information content (AvgIpc) is 3.13. The first-order chi connectivity index (χ1) is 8.77. The van der Waals surface area contributed by atoms with Crippen LogP contribution in [0.2, 0.25) is 0 Å². The highest BCUT2D eigenvalue weighted by molar-refractivity contribution is 5.74. The number of aldehydes is 1. The fourth-order valence-corrected chi connectivity index (χ4v) is 2.19. The Labute approximate surface area is 104 Å². The SMILES string of the molecule is O=Cc1ccc(C2(c3ccccc3)OC2F)cc1. The molecule has 0 radical (unpaired) electrons. The van der Waals surface area contributed by atoms with Gasteiger partial charge in [0.2, 0.25) is 6.36 Å². The molecule has 1 fully saturated rings. The van der Waals surface area contributed by atoms with Gasteiger partial charge in [-0.05, 0) is 11.1 Å². The van der Waals surface area contributed by atoms with Crippen molar-refractivity contribution in [1.82, 2.24) is 0 Å². The third-order valence-corrected chi connectivity index (χ3v) is 3.23. The van der Waals surface area contributed by atoms with Crippen LogP contribution >= 0.6 is 0 Å². The number of carbonyl (C=O) groups is 1. The fourth-order valence-electron chi connectivity index (χ4n) is 2.19. The van der Waals surface area contributed by atoms with Crippen molar-refractivity contribution in [3.05, 3.63) is 71.3 Å². The molecule has 0 spiro atoms. The van der Waals surface area contributed by atoms with Crippen molar-refractivity contribution in [3.63, 3.8) is 0 Å². The molecular formula is C15H11FO2. The smallest absolute Gasteiger partial charge is 0.238 e. The van der Waals surface area contributed by atoms with Crippen LogP contribution in [-0.2, 0) is 10.3 Å². The first kappa shape index (κ1) is 11.1. The molecule has 2 unspecified atom stereocenters. The van der Waals surface area contributed by atoms with Gasteiger partial charge in [-0.15, -0.1) is 0 Å². The summed E-state index contributed by atoms with van der Waals surface area (Å²) >= 11 is 0. The van der Waals surface area contributed by atoms with E-state index in [4.69, 9.17) is 4.74 Å². The maximum Gasteiger partial charge on any atom is 0.238 e. The van der Waals surface area contributed by atoms with Crippen molar-refractivity contribution in [1.29, 1.82) is 0 Å². The minimum atomic E-state index is -1.33. The molecule has 0 aromatic heterocycles. The molecule has 1 aliphatic heterocycles. The van der Waals surface area contributed by atoms with Crippen molar-refractivity contribution < 1.29 is 13.9 Å². The van der Waals surface area contributed by atoms with E-state index in [1.165, 1.54) is 0 Å². The molecule has 1 aliphatic rings. The summed E-state index contributed by atoms with van der Waals surface area (Å²) in [7, 11) is 0. The van der Waals surface area contributed by atoms with E-state index in [1.807, 2.05) is 30.3 Å². The third-order valence-electron chi connectivity index (χ3n) is 3.23. The molecule has 1 heterocycles. The van der Waals surface area contributed by atoms with Crippen LogP contribution in [0.15, 0.2) is 54.6 Å². The molecule has 1 saturated heterocycles. The van der Waals surface area contributed by atoms with E-state index in [0.29, 0.717) is 5.56 Å². The third kappa shape index (κ3) is 1.56. The van der Waals surface area contributed by atoms with Crippen LogP contribution in [0.1, 0.15) is 21.5 Å². The fraction of sp³-hybridized carbons (Fsp3) is 0.133. The van der Waals surface area contributed by atoms with Crippen molar-refractivity contribution in [2.45, 2.75) is 12.0 Å². The zero-order valence-electron chi connectivity index (χ0n) is 9.55. The number of halogens is 1. The molecule has 2 aromatic carbocycles. The quantitative estimate of drug-likeness (QED) is 0.611. The van der Waals surface area contributed by atoms with Gasteiger partial charge in [-0.1, -0.05) is 54.6 Å². The highest BCUT2D eigenvalue weighted by atomic mass is 19.2. The number of epoxide rings is 1. The van der Waals surface area contributed by atoms with Crippen LogP contribution in [0.25, 0.3) is 0 Å². The predicted molar refractivity (Wildman–Crippen MR) is 65.0 cm³/mol. The lowest BCUT2D eigenvalue weighted by atomic mass is 9.91. The summed E-state index contributed by atoms with van der Waals surface area (Å²) in [6.45, 7) is 0. The molecule has 18 heavy (non-hydrogen) atoms. The number of alkyl halides is 1. The number of carbonyl (C=O) groups excluding carboxylic acids is 1. The molecule has 2 atom stereocenters. The van der Waals surface area contributed by atoms with Crippen LogP contribution in [0, 0.1) is 0 Å². The molecule has 0 amide bonds. The lowest BCUT2D eigenvalue weighted by Gasteiger charge is -2.12. The summed E-state index contributed by atoms with van der Waals surface area (Å²) in [4.78, 5) is 10.6. The lowest BCUT2D eigenvalue weighted by molar-refractivity contribution is 0.112. The highest BCUT2D eigenvalue weighted by Gasteiger charge is 2.60. The van der Waals surface area contributed by atoms with E-state index in [-0.39, 0.29) is 0 Å². The van der Waals surface area contributed by atoms with Gasteiger partial charge in [-0.3, -0.25) is 4.79 Å². The van der Waals surface area contributed by atoms with Gasteiger partial charge < -0.3 is 4.74 Å². The van der Waals surface area contributed by atoms with Crippen LogP contribution in [0.4, 0.5) is 4.39 Å². The van der Waals surface area contributed by atoms with Gasteiger partial charge in [0, 0.05) is 5.56 Å². The summed E-state index contributed by atoms with van der Waals surface area (Å²) < 4.78 is 18.9. The van der Waals surface area contributed by atoms with Gasteiger partial charge in [0.05, 0.1) is 0 Å². The average molecular weight is 242 g/mol. The Morgan fingerprint density at radius 2 is 1.56 bits per heavy atom. The summed E-state index contributed by atoms with van der Waals surface area (Å²) in [5.41, 5.74) is 1.09. The van der Waals surface area contributed by atoms with Crippen molar-refractivity contribution in [2.24, 2.45) is 0 Å². The van der Waals surface area contributed by atoms with Gasteiger partial charge >= 0.3 is 0 Å². The van der Waals surface area contributed by atoms with E-state index in [9.17, 15) is 9.18 Å². The monoisotopic (exact) mass is 242 g/mol. The Balaban J connectivity index is 2.05. The van der Waals surface area contributed by atoms with Gasteiger partial charge in [0.25, 0.3) is 0 Å². The second-order valence-corrected chi connectivity index (χ2v) is 4.28. The highest BCUT2D eigenvalue weighted by Crippen LogP contribution is 2.52. The standard InChI is InChI=1S/C15H11FO2/c16-14-15(18-14,12-4-2-1-3-5-12)13-8-6-11(10-17)7-9-13/h1-10,14H. The predicted octanol–water partition coefficient (Wildman–Crippen LogP) is 3.07. The van der Waals surface area contributed by atoms with Gasteiger partial charge in [0.15, 0.2) is 5.60 Å². The first-order valence-corrected chi connectivity index (χ1v) is 5.70. The largest absolute Gasteiger partial charge is 0.323 e. The van der Waals surface area contributed by atoms with Crippen LogP contribution in [0.3, 0.4) is 0 Å². The molecule has 3 rings (SSSR count). The summed E-state index contributed by atoms with van der Waals surface area (Å²) in [6.07, 6.45) is -0.568. The Kier molecular flexibility index (Phi) is 2.49. The summed E-state index contributed by atoms with van der Waals surface area (Å²) in [5, 5.41) is 0. The minimum absolute atomic E-state index is 0.568. The molecule has 90 valence electrons. The van der Waals surface area contributed by atoms with E-state index in [0.717, 1.165) is 17.4 Å². The topological polar surface area (TPSA) is 29.6 Å². The summed E-state index contributed by atoms with van der Waals surface area (Å²) in [6, 6.07) is 16.1. The summed E-state index contributed by atoms with van der Waals surface area (Å²) in [5.74, 6) is 0. The molecule has 0 aliphatic carbocycles. The molecular weight excluding hydrogens is 231 g/mol. The molecule has 2 nitrogen and oxygen atoms in total. The number of rotatable bonds is 3. The molecule has 0 N–H and O–H groups in total. The van der Waals surface area contributed by atoms with E-state index >= 15 is 0 Å². The zero-order chi connectivity index (χ0) is 12.6. The first-order valence-electron chi connectivity index (χ1n) is 5.70. The number of hydrogen-bond acceptors (Lipinski definition) is 2. The maximum absolute atomic E-state index is 13.7. The van der Waals surface area contributed by atoms with Crippen molar-refractivity contribution >= 4 is 6.29 Å². The Morgan fingerprint density at radius 1 is 1.00 bits per heavy atom. The Bertz CT molecular complexity index is 565. The maximum atomic E-state index is 13.7. The minimum Gasteiger partial charge on any atom is -0.323 e. The molecule has 0 saturated carbocycles. The van der Waals surface area contributed by atoms with Crippen LogP contribution in [0.5, 0.6) is 0 Å². The van der Waals surface area contributed by atoms with E-state index in [1.54, 1.807) is 24.3 Å². The van der Waals surface area contributed by atoms with E-state index in [2.05, 4.69) is 0 Å². The number of benzene rings is 2. The molecule has 3 heteroatoms. The normalized spacial score (nSPS) is 25.7. The van der Waals surface area contributed by atoms with E-state index < -0.39 is 12.0 Å². The van der Waals surface area contributed by atoms with Gasteiger partial charge in [-0.2, -0.15) is 0 Å². The second kappa shape index (κ2) is 4.03. The molecule has 0 bridgehead atoms. The number of ether oxygens (including phenoxy) is 1. The van der Waals surface area contributed by atoms with Crippen LogP contribution in [-0.4, -0.2) is 12.6 Å². The van der Waals surface area contributed by atoms with Gasteiger partial charge in [-0.25, -0.2) is 4.39 Å².